The molecule has 136 valence electrons. The van der Waals surface area contributed by atoms with E-state index in [9.17, 15) is 9.59 Å². The van der Waals surface area contributed by atoms with Crippen molar-refractivity contribution in [3.63, 3.8) is 0 Å². The number of halogens is 2. The molecular formula is C18H21Cl2NO4. The largest absolute Gasteiger partial charge is 0.469 e. The molecule has 1 saturated heterocycles. The van der Waals surface area contributed by atoms with Crippen LogP contribution in [0.25, 0.3) is 6.08 Å². The number of hydrogen-bond acceptors (Lipinski definition) is 4. The average Bonchev–Trinajstić information content (AvgIpc) is 3.10. The second-order valence-corrected chi connectivity index (χ2v) is 6.53. The maximum atomic E-state index is 12.6. The quantitative estimate of drug-likeness (QED) is 0.531. The summed E-state index contributed by atoms with van der Waals surface area (Å²) in [6, 6.07) is 5.15. The van der Waals surface area contributed by atoms with E-state index in [2.05, 4.69) is 4.74 Å². The Kier molecular flexibility index (Phi) is 7.75. The second kappa shape index (κ2) is 9.80. The summed E-state index contributed by atoms with van der Waals surface area (Å²) in [6.45, 7) is 1.41. The smallest absolute Gasteiger partial charge is 0.307 e. The lowest BCUT2D eigenvalue weighted by atomic mass is 10.2. The van der Waals surface area contributed by atoms with E-state index < -0.39 is 0 Å². The van der Waals surface area contributed by atoms with Gasteiger partial charge in [-0.1, -0.05) is 29.3 Å². The van der Waals surface area contributed by atoms with Crippen LogP contribution in [-0.4, -0.2) is 49.7 Å². The average molecular weight is 386 g/mol. The van der Waals surface area contributed by atoms with Crippen molar-refractivity contribution < 1.29 is 19.1 Å². The molecule has 0 spiro atoms. The van der Waals surface area contributed by atoms with E-state index in [0.717, 1.165) is 12.8 Å². The lowest BCUT2D eigenvalue weighted by Crippen LogP contribution is -2.37. The van der Waals surface area contributed by atoms with Crippen molar-refractivity contribution in [3.05, 3.63) is 39.9 Å². The third-order valence-electron chi connectivity index (χ3n) is 3.97. The highest BCUT2D eigenvalue weighted by Crippen LogP contribution is 2.25. The fourth-order valence-corrected chi connectivity index (χ4v) is 3.11. The number of ether oxygens (including phenoxy) is 2. The third kappa shape index (κ3) is 6.03. The van der Waals surface area contributed by atoms with Crippen molar-refractivity contribution in [2.24, 2.45) is 0 Å². The van der Waals surface area contributed by atoms with Crippen molar-refractivity contribution >= 4 is 41.2 Å². The topological polar surface area (TPSA) is 55.8 Å². The minimum atomic E-state index is -0.358. The van der Waals surface area contributed by atoms with Crippen LogP contribution in [0.2, 0.25) is 10.0 Å². The molecule has 0 aliphatic carbocycles. The van der Waals surface area contributed by atoms with E-state index in [1.807, 2.05) is 0 Å². The summed E-state index contributed by atoms with van der Waals surface area (Å²) < 4.78 is 10.2. The van der Waals surface area contributed by atoms with Crippen molar-refractivity contribution in [1.29, 1.82) is 0 Å². The summed E-state index contributed by atoms with van der Waals surface area (Å²) in [5.41, 5.74) is 0.587. The summed E-state index contributed by atoms with van der Waals surface area (Å²) in [5.74, 6) is -0.585. The van der Waals surface area contributed by atoms with Gasteiger partial charge < -0.3 is 14.4 Å². The molecule has 0 saturated carbocycles. The van der Waals surface area contributed by atoms with Crippen LogP contribution in [0.15, 0.2) is 24.3 Å². The number of nitrogens with zero attached hydrogens (tertiary/aromatic N) is 1. The highest BCUT2D eigenvalue weighted by Gasteiger charge is 2.22. The van der Waals surface area contributed by atoms with Gasteiger partial charge in [-0.25, -0.2) is 0 Å². The van der Waals surface area contributed by atoms with Gasteiger partial charge in [-0.05, 0) is 31.1 Å². The van der Waals surface area contributed by atoms with Gasteiger partial charge in [0.15, 0.2) is 0 Å². The minimum Gasteiger partial charge on any atom is -0.469 e. The summed E-state index contributed by atoms with van der Waals surface area (Å²) in [4.78, 5) is 25.6. The van der Waals surface area contributed by atoms with E-state index >= 15 is 0 Å². The van der Waals surface area contributed by atoms with E-state index in [1.54, 1.807) is 29.2 Å². The van der Waals surface area contributed by atoms with Gasteiger partial charge in [-0.2, -0.15) is 0 Å². The van der Waals surface area contributed by atoms with Crippen LogP contribution in [0.5, 0.6) is 0 Å². The SMILES string of the molecule is COC(=O)CCN(CC1CCCO1)C(=O)/C=C/c1c(Cl)cccc1Cl. The molecule has 7 heteroatoms. The molecule has 1 aliphatic rings. The van der Waals surface area contributed by atoms with Crippen LogP contribution in [0.3, 0.4) is 0 Å². The van der Waals surface area contributed by atoms with Gasteiger partial charge in [0.25, 0.3) is 0 Å². The molecule has 1 aromatic carbocycles. The molecule has 5 nitrogen and oxygen atoms in total. The molecule has 0 N–H and O–H groups in total. The second-order valence-electron chi connectivity index (χ2n) is 5.71. The molecule has 0 radical (unpaired) electrons. The molecule has 0 aromatic heterocycles. The summed E-state index contributed by atoms with van der Waals surface area (Å²) in [5, 5.41) is 0.938. The zero-order valence-electron chi connectivity index (χ0n) is 14.0. The number of amides is 1. The molecule has 1 amide bonds. The van der Waals surface area contributed by atoms with Gasteiger partial charge in [-0.3, -0.25) is 9.59 Å². The molecule has 1 atom stereocenters. The zero-order valence-corrected chi connectivity index (χ0v) is 15.6. The van der Waals surface area contributed by atoms with Crippen LogP contribution in [0.4, 0.5) is 0 Å². The molecule has 2 rings (SSSR count). The van der Waals surface area contributed by atoms with E-state index in [-0.39, 0.29) is 30.9 Å². The van der Waals surface area contributed by atoms with Crippen LogP contribution < -0.4 is 0 Å². The van der Waals surface area contributed by atoms with E-state index in [4.69, 9.17) is 27.9 Å². The maximum Gasteiger partial charge on any atom is 0.307 e. The highest BCUT2D eigenvalue weighted by molar-refractivity contribution is 6.37. The third-order valence-corrected chi connectivity index (χ3v) is 4.62. The van der Waals surface area contributed by atoms with Gasteiger partial charge in [0.1, 0.15) is 0 Å². The first-order chi connectivity index (χ1) is 12.0. The Balaban J connectivity index is 2.07. The van der Waals surface area contributed by atoms with E-state index in [1.165, 1.54) is 13.2 Å². The Bertz CT molecular complexity index is 622. The molecule has 1 heterocycles. The number of carbonyl (C=O) groups is 2. The number of benzene rings is 1. The van der Waals surface area contributed by atoms with Crippen molar-refractivity contribution in [2.75, 3.05) is 26.8 Å². The summed E-state index contributed by atoms with van der Waals surface area (Å²) >= 11 is 12.2. The Labute approximate surface area is 157 Å². The molecular weight excluding hydrogens is 365 g/mol. The number of rotatable bonds is 7. The Morgan fingerprint density at radius 1 is 1.36 bits per heavy atom. The first-order valence-electron chi connectivity index (χ1n) is 8.10. The van der Waals surface area contributed by atoms with Crippen molar-refractivity contribution in [2.45, 2.75) is 25.4 Å². The lowest BCUT2D eigenvalue weighted by Gasteiger charge is -2.24. The van der Waals surface area contributed by atoms with Crippen LogP contribution >= 0.6 is 23.2 Å². The zero-order chi connectivity index (χ0) is 18.2. The van der Waals surface area contributed by atoms with Gasteiger partial charge in [0.05, 0.1) is 19.6 Å². The van der Waals surface area contributed by atoms with Crippen LogP contribution in [0.1, 0.15) is 24.8 Å². The monoisotopic (exact) mass is 385 g/mol. The van der Waals surface area contributed by atoms with Gasteiger partial charge in [-0.15, -0.1) is 0 Å². The molecule has 1 fully saturated rings. The molecule has 1 aliphatic heterocycles. The molecule has 1 aromatic rings. The van der Waals surface area contributed by atoms with Gasteiger partial charge in [0.2, 0.25) is 5.91 Å². The predicted octanol–water partition coefficient (Wildman–Crippen LogP) is 3.58. The van der Waals surface area contributed by atoms with Crippen LogP contribution in [0, 0.1) is 0 Å². The van der Waals surface area contributed by atoms with Gasteiger partial charge >= 0.3 is 5.97 Å². The van der Waals surface area contributed by atoms with E-state index in [0.29, 0.717) is 28.8 Å². The number of esters is 1. The molecule has 0 bridgehead atoms. The fourth-order valence-electron chi connectivity index (χ4n) is 2.58. The summed E-state index contributed by atoms with van der Waals surface area (Å²) in [7, 11) is 1.33. The Morgan fingerprint density at radius 3 is 2.68 bits per heavy atom. The number of hydrogen-bond donors (Lipinski definition) is 0. The normalized spacial score (nSPS) is 17.0. The Morgan fingerprint density at radius 2 is 2.08 bits per heavy atom. The van der Waals surface area contributed by atoms with Gasteiger partial charge in [0, 0.05) is 41.4 Å². The predicted molar refractivity (Wildman–Crippen MR) is 97.7 cm³/mol. The number of methoxy groups -OCH3 is 1. The van der Waals surface area contributed by atoms with Crippen LogP contribution in [-0.2, 0) is 19.1 Å². The maximum absolute atomic E-state index is 12.6. The number of carbonyl (C=O) groups excluding carboxylic acids is 2. The highest BCUT2D eigenvalue weighted by atomic mass is 35.5. The standard InChI is InChI=1S/C18H21Cl2NO4/c1-24-18(23)9-10-21(12-13-4-3-11-25-13)17(22)8-7-14-15(19)5-2-6-16(14)20/h2,5-8,13H,3-4,9-12H2,1H3/b8-7+. The van der Waals surface area contributed by atoms with Crippen molar-refractivity contribution in [3.8, 4) is 0 Å². The summed E-state index contributed by atoms with van der Waals surface area (Å²) in [6.07, 6.45) is 5.03. The molecule has 1 unspecified atom stereocenters. The Hall–Kier alpha value is -1.56. The molecule has 25 heavy (non-hydrogen) atoms. The fraction of sp³-hybridized carbons (Fsp3) is 0.444. The first-order valence-corrected chi connectivity index (χ1v) is 8.86. The van der Waals surface area contributed by atoms with Crippen molar-refractivity contribution in [1.82, 2.24) is 4.90 Å². The minimum absolute atomic E-state index is 0.00102. The lowest BCUT2D eigenvalue weighted by molar-refractivity contribution is -0.141. The first kappa shape index (κ1) is 19.8.